The molecule has 0 aromatic heterocycles. The molecule has 3 nitrogen and oxygen atoms in total. The van der Waals surface area contributed by atoms with Crippen LogP contribution in [0.25, 0.3) is 0 Å². The molecule has 0 heterocycles. The van der Waals surface area contributed by atoms with Gasteiger partial charge in [-0.05, 0) is 42.0 Å². The fraction of sp³-hybridized carbons (Fsp3) is 0.125. The lowest BCUT2D eigenvalue weighted by atomic mass is 10.1. The molecule has 2 aromatic rings. The molecule has 0 atom stereocenters. The van der Waals surface area contributed by atoms with Crippen molar-refractivity contribution < 1.29 is 9.18 Å². The average Bonchev–Trinajstić information content (AvgIpc) is 2.48. The second kappa shape index (κ2) is 5.98. The van der Waals surface area contributed by atoms with Gasteiger partial charge in [0.05, 0.1) is 18.1 Å². The molecule has 0 aliphatic heterocycles. The van der Waals surface area contributed by atoms with E-state index in [0.717, 1.165) is 5.56 Å². The van der Waals surface area contributed by atoms with E-state index in [4.69, 9.17) is 5.26 Å². The summed E-state index contributed by atoms with van der Waals surface area (Å²) in [5.41, 5.74) is 2.04. The van der Waals surface area contributed by atoms with Gasteiger partial charge in [0.1, 0.15) is 5.82 Å². The lowest BCUT2D eigenvalue weighted by molar-refractivity contribution is -0.117. The standard InChI is InChI=1S/C16H13FN2O/c1-19(15-8-6-14(17)7-9-15)16(20)10-12-2-4-13(11-18)5-3-12/h2-9H,10H2,1H3. The molecule has 0 fully saturated rings. The number of halogens is 1. The first-order valence-corrected chi connectivity index (χ1v) is 6.11. The van der Waals surface area contributed by atoms with Crippen LogP contribution in [0, 0.1) is 17.1 Å². The van der Waals surface area contributed by atoms with Gasteiger partial charge in [-0.25, -0.2) is 4.39 Å². The number of carbonyl (C=O) groups is 1. The molecular weight excluding hydrogens is 255 g/mol. The summed E-state index contributed by atoms with van der Waals surface area (Å²) in [6.45, 7) is 0. The molecule has 0 unspecified atom stereocenters. The minimum atomic E-state index is -0.332. The van der Waals surface area contributed by atoms with Gasteiger partial charge in [0.25, 0.3) is 0 Å². The van der Waals surface area contributed by atoms with Gasteiger partial charge < -0.3 is 4.90 Å². The van der Waals surface area contributed by atoms with Crippen LogP contribution < -0.4 is 4.90 Å². The molecule has 0 N–H and O–H groups in total. The number of likely N-dealkylation sites (N-methyl/N-ethyl adjacent to an activating group) is 1. The number of nitriles is 1. The minimum Gasteiger partial charge on any atom is -0.315 e. The molecule has 0 spiro atoms. The van der Waals surface area contributed by atoms with Gasteiger partial charge in [-0.15, -0.1) is 0 Å². The van der Waals surface area contributed by atoms with E-state index in [1.807, 2.05) is 6.07 Å². The topological polar surface area (TPSA) is 44.1 Å². The molecule has 2 aromatic carbocycles. The second-order valence-corrected chi connectivity index (χ2v) is 4.41. The Bertz CT molecular complexity index is 642. The van der Waals surface area contributed by atoms with Crippen LogP contribution in [-0.4, -0.2) is 13.0 Å². The summed E-state index contributed by atoms with van der Waals surface area (Å²) in [5.74, 6) is -0.428. The van der Waals surface area contributed by atoms with Gasteiger partial charge in [-0.3, -0.25) is 4.79 Å². The summed E-state index contributed by atoms with van der Waals surface area (Å²) in [6.07, 6.45) is 0.236. The zero-order valence-electron chi connectivity index (χ0n) is 11.0. The first-order chi connectivity index (χ1) is 9.60. The molecule has 0 bridgehead atoms. The quantitative estimate of drug-likeness (QED) is 0.859. The van der Waals surface area contributed by atoms with Crippen LogP contribution in [0.15, 0.2) is 48.5 Å². The summed E-state index contributed by atoms with van der Waals surface area (Å²) >= 11 is 0. The van der Waals surface area contributed by atoms with Crippen molar-refractivity contribution in [1.29, 1.82) is 5.26 Å². The van der Waals surface area contributed by atoms with Crippen molar-refractivity contribution in [1.82, 2.24) is 0 Å². The Morgan fingerprint density at radius 1 is 1.15 bits per heavy atom. The number of amides is 1. The maximum absolute atomic E-state index is 12.8. The van der Waals surface area contributed by atoms with Crippen molar-refractivity contribution >= 4 is 11.6 Å². The second-order valence-electron chi connectivity index (χ2n) is 4.41. The van der Waals surface area contributed by atoms with Gasteiger partial charge in [-0.2, -0.15) is 5.26 Å². The van der Waals surface area contributed by atoms with Crippen LogP contribution >= 0.6 is 0 Å². The molecule has 20 heavy (non-hydrogen) atoms. The Morgan fingerprint density at radius 3 is 2.30 bits per heavy atom. The summed E-state index contributed by atoms with van der Waals surface area (Å²) in [4.78, 5) is 13.6. The van der Waals surface area contributed by atoms with Gasteiger partial charge in [0.2, 0.25) is 5.91 Å². The Hall–Kier alpha value is -2.67. The predicted molar refractivity (Wildman–Crippen MR) is 74.7 cm³/mol. The Morgan fingerprint density at radius 2 is 1.75 bits per heavy atom. The first kappa shape index (κ1) is 13.8. The van der Waals surface area contributed by atoms with E-state index in [9.17, 15) is 9.18 Å². The van der Waals surface area contributed by atoms with Gasteiger partial charge in [-0.1, -0.05) is 12.1 Å². The molecule has 0 aliphatic rings. The molecule has 4 heteroatoms. The highest BCUT2D eigenvalue weighted by Gasteiger charge is 2.11. The molecular formula is C16H13FN2O. The van der Waals surface area contributed by atoms with Crippen molar-refractivity contribution in [3.63, 3.8) is 0 Å². The maximum Gasteiger partial charge on any atom is 0.231 e. The van der Waals surface area contributed by atoms with Gasteiger partial charge >= 0.3 is 0 Å². The normalized spacial score (nSPS) is 9.85. The minimum absolute atomic E-state index is 0.0960. The molecule has 1 amide bonds. The number of anilines is 1. The predicted octanol–water partition coefficient (Wildman–Crippen LogP) is 2.90. The zero-order valence-corrected chi connectivity index (χ0v) is 11.0. The van der Waals surface area contributed by atoms with E-state index < -0.39 is 0 Å². The van der Waals surface area contributed by atoms with Crippen molar-refractivity contribution in [2.45, 2.75) is 6.42 Å². The van der Waals surface area contributed by atoms with Crippen molar-refractivity contribution in [2.24, 2.45) is 0 Å². The number of hydrogen-bond acceptors (Lipinski definition) is 2. The third-order valence-electron chi connectivity index (χ3n) is 3.03. The molecule has 0 saturated carbocycles. The van der Waals surface area contributed by atoms with E-state index in [1.165, 1.54) is 17.0 Å². The number of hydrogen-bond donors (Lipinski definition) is 0. The maximum atomic E-state index is 12.8. The summed E-state index contributed by atoms with van der Waals surface area (Å²) in [7, 11) is 1.65. The number of nitrogens with zero attached hydrogens (tertiary/aromatic N) is 2. The zero-order chi connectivity index (χ0) is 14.5. The van der Waals surface area contributed by atoms with Crippen molar-refractivity contribution in [2.75, 3.05) is 11.9 Å². The smallest absolute Gasteiger partial charge is 0.231 e. The van der Waals surface area contributed by atoms with Crippen LogP contribution in [0.1, 0.15) is 11.1 Å². The molecule has 2 rings (SSSR count). The third-order valence-corrected chi connectivity index (χ3v) is 3.03. The Labute approximate surface area is 116 Å². The van der Waals surface area contributed by atoms with Crippen LogP contribution in [-0.2, 0) is 11.2 Å². The van der Waals surface area contributed by atoms with Crippen LogP contribution in [0.3, 0.4) is 0 Å². The fourth-order valence-corrected chi connectivity index (χ4v) is 1.80. The van der Waals surface area contributed by atoms with E-state index in [0.29, 0.717) is 11.3 Å². The highest BCUT2D eigenvalue weighted by molar-refractivity contribution is 5.94. The highest BCUT2D eigenvalue weighted by atomic mass is 19.1. The van der Waals surface area contributed by atoms with Crippen molar-refractivity contribution in [3.8, 4) is 6.07 Å². The SMILES string of the molecule is CN(C(=O)Cc1ccc(C#N)cc1)c1ccc(F)cc1. The summed E-state index contributed by atoms with van der Waals surface area (Å²) < 4.78 is 12.8. The molecule has 0 radical (unpaired) electrons. The van der Waals surface area contributed by atoms with Crippen LogP contribution in [0.5, 0.6) is 0 Å². The monoisotopic (exact) mass is 268 g/mol. The van der Waals surface area contributed by atoms with E-state index in [2.05, 4.69) is 0 Å². The summed E-state index contributed by atoms with van der Waals surface area (Å²) in [6, 6.07) is 14.7. The highest BCUT2D eigenvalue weighted by Crippen LogP contribution is 2.15. The number of carbonyl (C=O) groups excluding carboxylic acids is 1. The average molecular weight is 268 g/mol. The van der Waals surface area contributed by atoms with E-state index in [-0.39, 0.29) is 18.1 Å². The number of benzene rings is 2. The lowest BCUT2D eigenvalue weighted by Crippen LogP contribution is -2.27. The lowest BCUT2D eigenvalue weighted by Gasteiger charge is -2.17. The fourth-order valence-electron chi connectivity index (χ4n) is 1.80. The van der Waals surface area contributed by atoms with Crippen molar-refractivity contribution in [3.05, 3.63) is 65.5 Å². The molecule has 100 valence electrons. The number of rotatable bonds is 3. The Kier molecular flexibility index (Phi) is 4.11. The Balaban J connectivity index is 2.07. The van der Waals surface area contributed by atoms with Gasteiger partial charge in [0.15, 0.2) is 0 Å². The first-order valence-electron chi connectivity index (χ1n) is 6.11. The third kappa shape index (κ3) is 3.21. The van der Waals surface area contributed by atoms with Gasteiger partial charge in [0, 0.05) is 12.7 Å². The van der Waals surface area contributed by atoms with Crippen LogP contribution in [0.4, 0.5) is 10.1 Å². The largest absolute Gasteiger partial charge is 0.315 e. The molecule has 0 aliphatic carbocycles. The molecule has 0 saturated heterocycles. The van der Waals surface area contributed by atoms with E-state index in [1.54, 1.807) is 43.4 Å². The van der Waals surface area contributed by atoms with E-state index >= 15 is 0 Å². The van der Waals surface area contributed by atoms with Crippen LogP contribution in [0.2, 0.25) is 0 Å². The summed E-state index contributed by atoms with van der Waals surface area (Å²) in [5, 5.41) is 8.71.